The predicted molar refractivity (Wildman–Crippen MR) is 67.5 cm³/mol. The number of hydrogen-bond acceptors (Lipinski definition) is 2. The van der Waals surface area contributed by atoms with Gasteiger partial charge in [0.05, 0.1) is 5.92 Å². The lowest BCUT2D eigenvalue weighted by Gasteiger charge is -2.29. The van der Waals surface area contributed by atoms with Gasteiger partial charge in [-0.15, -0.1) is 0 Å². The molecule has 0 spiro atoms. The average molecular weight is 231 g/mol. The minimum atomic E-state index is -0.498. The van der Waals surface area contributed by atoms with Crippen molar-refractivity contribution in [2.45, 2.75) is 32.2 Å². The Labute approximate surface area is 101 Å². The van der Waals surface area contributed by atoms with Gasteiger partial charge in [-0.25, -0.2) is 0 Å². The lowest BCUT2D eigenvalue weighted by Crippen LogP contribution is -2.36. The highest BCUT2D eigenvalue weighted by Crippen LogP contribution is 2.37. The van der Waals surface area contributed by atoms with Crippen LogP contribution in [0.2, 0.25) is 0 Å². The van der Waals surface area contributed by atoms with E-state index in [1.165, 1.54) is 0 Å². The molecule has 0 bridgehead atoms. The molecule has 0 saturated carbocycles. The topological polar surface area (TPSA) is 43.1 Å². The van der Waals surface area contributed by atoms with Crippen LogP contribution in [0.3, 0.4) is 0 Å². The second-order valence-electron chi connectivity index (χ2n) is 4.77. The first-order valence-electron chi connectivity index (χ1n) is 5.96. The molecule has 0 heterocycles. The molecule has 2 rings (SSSR count). The minimum absolute atomic E-state index is 0.00454. The summed E-state index contributed by atoms with van der Waals surface area (Å²) in [6.07, 6.45) is 2.91. The number of nitro groups is 1. The van der Waals surface area contributed by atoms with Gasteiger partial charge in [-0.2, -0.15) is 0 Å². The van der Waals surface area contributed by atoms with Crippen molar-refractivity contribution in [2.24, 2.45) is 5.92 Å². The summed E-state index contributed by atoms with van der Waals surface area (Å²) < 4.78 is 0. The highest BCUT2D eigenvalue weighted by Gasteiger charge is 2.40. The molecule has 0 aromatic heterocycles. The molecule has 0 radical (unpaired) electrons. The van der Waals surface area contributed by atoms with E-state index in [0.29, 0.717) is 0 Å². The monoisotopic (exact) mass is 231 g/mol. The van der Waals surface area contributed by atoms with Gasteiger partial charge in [0.25, 0.3) is 0 Å². The molecule has 0 amide bonds. The number of hydrogen-bond donors (Lipinski definition) is 0. The lowest BCUT2D eigenvalue weighted by molar-refractivity contribution is -0.534. The van der Waals surface area contributed by atoms with Gasteiger partial charge in [0.1, 0.15) is 0 Å². The number of nitrogens with zero attached hydrogens (tertiary/aromatic N) is 1. The fraction of sp³-hybridized carbons (Fsp3) is 0.429. The van der Waals surface area contributed by atoms with Crippen LogP contribution in [-0.4, -0.2) is 11.0 Å². The summed E-state index contributed by atoms with van der Waals surface area (Å²) in [4.78, 5) is 11.2. The molecule has 1 aliphatic carbocycles. The van der Waals surface area contributed by atoms with Crippen molar-refractivity contribution in [2.75, 3.05) is 0 Å². The summed E-state index contributed by atoms with van der Waals surface area (Å²) in [5.74, 6) is 0.0221. The maximum Gasteiger partial charge on any atom is 0.226 e. The molecule has 0 aliphatic heterocycles. The molecule has 3 heteroatoms. The zero-order valence-corrected chi connectivity index (χ0v) is 10.2. The molecule has 0 saturated heterocycles. The minimum Gasteiger partial charge on any atom is -0.264 e. The zero-order valence-electron chi connectivity index (χ0n) is 10.2. The smallest absolute Gasteiger partial charge is 0.226 e. The quantitative estimate of drug-likeness (QED) is 0.445. The largest absolute Gasteiger partial charge is 0.264 e. The zero-order chi connectivity index (χ0) is 12.4. The van der Waals surface area contributed by atoms with Crippen molar-refractivity contribution in [3.63, 3.8) is 0 Å². The third-order valence-corrected chi connectivity index (χ3v) is 3.81. The van der Waals surface area contributed by atoms with Gasteiger partial charge in [0.15, 0.2) is 0 Å². The van der Waals surface area contributed by atoms with E-state index in [1.54, 1.807) is 0 Å². The SMILES string of the molecule is CC1=CC[C@H](c2ccccc2)[C@H]([N+](=O)[O-])[C@@H]1C. The molecule has 3 atom stereocenters. The number of allylic oxidation sites excluding steroid dienone is 1. The van der Waals surface area contributed by atoms with Gasteiger partial charge < -0.3 is 0 Å². The Balaban J connectivity index is 2.37. The van der Waals surface area contributed by atoms with Crippen LogP contribution in [0.5, 0.6) is 0 Å². The van der Waals surface area contributed by atoms with Gasteiger partial charge in [-0.1, -0.05) is 48.9 Å². The molecule has 1 aromatic rings. The van der Waals surface area contributed by atoms with E-state index in [9.17, 15) is 10.1 Å². The number of rotatable bonds is 2. The summed E-state index contributed by atoms with van der Waals surface area (Å²) in [6.45, 7) is 3.94. The van der Waals surface area contributed by atoms with Gasteiger partial charge in [0, 0.05) is 10.8 Å². The van der Waals surface area contributed by atoms with Gasteiger partial charge in [-0.3, -0.25) is 10.1 Å². The second kappa shape index (κ2) is 4.70. The van der Waals surface area contributed by atoms with Crippen molar-refractivity contribution in [1.29, 1.82) is 0 Å². The van der Waals surface area contributed by atoms with Gasteiger partial charge >= 0.3 is 0 Å². The third kappa shape index (κ3) is 2.23. The van der Waals surface area contributed by atoms with Crippen LogP contribution in [-0.2, 0) is 0 Å². The first-order valence-corrected chi connectivity index (χ1v) is 5.96. The van der Waals surface area contributed by atoms with Crippen molar-refractivity contribution < 1.29 is 4.92 Å². The molecule has 17 heavy (non-hydrogen) atoms. The van der Waals surface area contributed by atoms with Crippen LogP contribution in [0.1, 0.15) is 31.7 Å². The Kier molecular flexibility index (Phi) is 3.27. The number of benzene rings is 1. The van der Waals surface area contributed by atoms with Gasteiger partial charge in [-0.05, 0) is 18.9 Å². The summed E-state index contributed by atoms with van der Waals surface area (Å²) in [5.41, 5.74) is 2.21. The molecule has 0 N–H and O–H groups in total. The average Bonchev–Trinajstić information content (AvgIpc) is 2.33. The van der Waals surface area contributed by atoms with Crippen molar-refractivity contribution in [1.82, 2.24) is 0 Å². The Morgan fingerprint density at radius 1 is 1.29 bits per heavy atom. The van der Waals surface area contributed by atoms with E-state index < -0.39 is 6.04 Å². The summed E-state index contributed by atoms with van der Waals surface area (Å²) in [6, 6.07) is 9.31. The molecule has 3 nitrogen and oxygen atoms in total. The Morgan fingerprint density at radius 3 is 2.53 bits per heavy atom. The van der Waals surface area contributed by atoms with E-state index in [-0.39, 0.29) is 16.8 Å². The Hall–Kier alpha value is -1.64. The highest BCUT2D eigenvalue weighted by molar-refractivity contribution is 5.26. The van der Waals surface area contributed by atoms with Crippen LogP contribution >= 0.6 is 0 Å². The third-order valence-electron chi connectivity index (χ3n) is 3.81. The second-order valence-corrected chi connectivity index (χ2v) is 4.77. The van der Waals surface area contributed by atoms with E-state index >= 15 is 0 Å². The predicted octanol–water partition coefficient (Wildman–Crippen LogP) is 3.40. The molecule has 0 unspecified atom stereocenters. The summed E-state index contributed by atoms with van der Waals surface area (Å²) >= 11 is 0. The first kappa shape index (κ1) is 11.8. The standard InChI is InChI=1S/C14H17NO2/c1-10-8-9-13(12-6-4-3-5-7-12)14(11(10)2)15(16)17/h3-8,11,13-14H,9H2,1-2H3/t11-,13-,14-/m1/s1. The maximum atomic E-state index is 11.3. The normalized spacial score (nSPS) is 28.6. The van der Waals surface area contributed by atoms with E-state index in [4.69, 9.17) is 0 Å². The molecular formula is C14H17NO2. The fourth-order valence-corrected chi connectivity index (χ4v) is 2.62. The first-order chi connectivity index (χ1) is 8.11. The van der Waals surface area contributed by atoms with Crippen LogP contribution < -0.4 is 0 Å². The fourth-order valence-electron chi connectivity index (χ4n) is 2.62. The van der Waals surface area contributed by atoms with E-state index in [2.05, 4.69) is 6.08 Å². The van der Waals surface area contributed by atoms with Crippen LogP contribution in [0.25, 0.3) is 0 Å². The molecule has 90 valence electrons. The van der Waals surface area contributed by atoms with Crippen LogP contribution in [0.4, 0.5) is 0 Å². The maximum absolute atomic E-state index is 11.3. The molecule has 0 fully saturated rings. The van der Waals surface area contributed by atoms with Crippen molar-refractivity contribution in [3.05, 3.63) is 57.7 Å². The Morgan fingerprint density at radius 2 is 1.94 bits per heavy atom. The summed E-state index contributed by atoms with van der Waals surface area (Å²) in [7, 11) is 0. The summed E-state index contributed by atoms with van der Waals surface area (Å²) in [5, 5.41) is 11.3. The van der Waals surface area contributed by atoms with Crippen molar-refractivity contribution >= 4 is 0 Å². The van der Waals surface area contributed by atoms with E-state index in [0.717, 1.165) is 17.6 Å². The van der Waals surface area contributed by atoms with Gasteiger partial charge in [0.2, 0.25) is 6.04 Å². The van der Waals surface area contributed by atoms with Crippen molar-refractivity contribution in [3.8, 4) is 0 Å². The molecular weight excluding hydrogens is 214 g/mol. The Bertz CT molecular complexity index is 439. The molecule has 1 aliphatic rings. The lowest BCUT2D eigenvalue weighted by atomic mass is 9.75. The van der Waals surface area contributed by atoms with Crippen LogP contribution in [0, 0.1) is 16.0 Å². The van der Waals surface area contributed by atoms with Crippen LogP contribution in [0.15, 0.2) is 42.0 Å². The highest BCUT2D eigenvalue weighted by atomic mass is 16.6. The molecule has 1 aromatic carbocycles. The van der Waals surface area contributed by atoms with E-state index in [1.807, 2.05) is 44.2 Å².